The fourth-order valence-electron chi connectivity index (χ4n) is 1.71. The van der Waals surface area contributed by atoms with Crippen LogP contribution in [0, 0.1) is 11.8 Å². The van der Waals surface area contributed by atoms with Crippen molar-refractivity contribution in [3.63, 3.8) is 0 Å². The van der Waals surface area contributed by atoms with E-state index < -0.39 is 0 Å². The van der Waals surface area contributed by atoms with E-state index in [2.05, 4.69) is 37.3 Å². The Bertz CT molecular complexity index is 143. The summed E-state index contributed by atoms with van der Waals surface area (Å²) in [5.74, 6) is 1.35. The molecule has 2 nitrogen and oxygen atoms in total. The van der Waals surface area contributed by atoms with Gasteiger partial charge in [0.2, 0.25) is 0 Å². The Labute approximate surface area is 89.2 Å². The van der Waals surface area contributed by atoms with Crippen LogP contribution in [0.15, 0.2) is 4.99 Å². The summed E-state index contributed by atoms with van der Waals surface area (Å²) in [7, 11) is 1.87. The average molecular weight is 198 g/mol. The summed E-state index contributed by atoms with van der Waals surface area (Å²) >= 11 is 0. The molecule has 0 spiro atoms. The molecule has 0 aliphatic heterocycles. The molecular weight excluding hydrogens is 172 g/mol. The molecule has 0 fully saturated rings. The van der Waals surface area contributed by atoms with Crippen molar-refractivity contribution in [3.05, 3.63) is 0 Å². The molecule has 2 heteroatoms. The molecule has 0 aliphatic rings. The molecule has 0 amide bonds. The van der Waals surface area contributed by atoms with Gasteiger partial charge in [-0.25, -0.2) is 0 Å². The molecule has 1 N–H and O–H groups in total. The Balaban J connectivity index is 3.87. The summed E-state index contributed by atoms with van der Waals surface area (Å²) in [6, 6.07) is 0. The Morgan fingerprint density at radius 3 is 2.50 bits per heavy atom. The predicted octanol–water partition coefficient (Wildman–Crippen LogP) is 2.74. The van der Waals surface area contributed by atoms with E-state index in [4.69, 9.17) is 0 Å². The molecule has 0 heterocycles. The molecule has 0 bridgehead atoms. The molecule has 2 atom stereocenters. The normalized spacial score (nSPS) is 16.0. The molecule has 14 heavy (non-hydrogen) atoms. The minimum atomic E-state index is 0.603. The van der Waals surface area contributed by atoms with Crippen molar-refractivity contribution in [2.24, 2.45) is 16.8 Å². The van der Waals surface area contributed by atoms with Crippen LogP contribution in [0.25, 0.3) is 0 Å². The highest BCUT2D eigenvalue weighted by atomic mass is 14.9. The average Bonchev–Trinajstić information content (AvgIpc) is 2.17. The maximum absolute atomic E-state index is 4.15. The van der Waals surface area contributed by atoms with Crippen LogP contribution >= 0.6 is 0 Å². The first-order valence-corrected chi connectivity index (χ1v) is 5.89. The maximum atomic E-state index is 4.15. The van der Waals surface area contributed by atoms with Gasteiger partial charge >= 0.3 is 0 Å². The second-order valence-corrected chi connectivity index (χ2v) is 4.04. The third-order valence-electron chi connectivity index (χ3n) is 2.62. The number of hydrogen-bond acceptors (Lipinski definition) is 2. The van der Waals surface area contributed by atoms with Gasteiger partial charge in [-0.05, 0) is 18.9 Å². The van der Waals surface area contributed by atoms with Crippen LogP contribution in [0.2, 0.25) is 0 Å². The Morgan fingerprint density at radius 2 is 2.00 bits per heavy atom. The van der Waals surface area contributed by atoms with E-state index in [0.717, 1.165) is 19.0 Å². The van der Waals surface area contributed by atoms with Crippen molar-refractivity contribution in [3.8, 4) is 0 Å². The summed E-state index contributed by atoms with van der Waals surface area (Å²) in [6.07, 6.45) is 5.87. The maximum Gasteiger partial charge on any atom is 0.0273 e. The highest BCUT2D eigenvalue weighted by molar-refractivity contribution is 5.61. The van der Waals surface area contributed by atoms with Gasteiger partial charge in [-0.15, -0.1) is 0 Å². The SMILES string of the molecule is CCCNC[C@H](C=NC)[C@H](C)CCC. The van der Waals surface area contributed by atoms with Crippen molar-refractivity contribution in [2.45, 2.75) is 40.0 Å². The monoisotopic (exact) mass is 198 g/mol. The Kier molecular flexibility index (Phi) is 8.95. The van der Waals surface area contributed by atoms with Gasteiger partial charge in [-0.3, -0.25) is 0 Å². The second-order valence-electron chi connectivity index (χ2n) is 4.04. The van der Waals surface area contributed by atoms with Crippen molar-refractivity contribution in [1.82, 2.24) is 5.32 Å². The largest absolute Gasteiger partial charge is 0.316 e. The predicted molar refractivity (Wildman–Crippen MR) is 65.1 cm³/mol. The molecule has 0 aliphatic carbocycles. The molecule has 0 aromatic carbocycles. The van der Waals surface area contributed by atoms with Crippen molar-refractivity contribution < 1.29 is 0 Å². The third-order valence-corrected chi connectivity index (χ3v) is 2.62. The van der Waals surface area contributed by atoms with E-state index in [9.17, 15) is 0 Å². The fourth-order valence-corrected chi connectivity index (χ4v) is 1.71. The first kappa shape index (κ1) is 13.6. The van der Waals surface area contributed by atoms with E-state index >= 15 is 0 Å². The van der Waals surface area contributed by atoms with E-state index in [0.29, 0.717) is 5.92 Å². The lowest BCUT2D eigenvalue weighted by molar-refractivity contribution is 0.404. The van der Waals surface area contributed by atoms with Gasteiger partial charge in [0.05, 0.1) is 0 Å². The quantitative estimate of drug-likeness (QED) is 0.471. The summed E-state index contributed by atoms with van der Waals surface area (Å²) < 4.78 is 0. The highest BCUT2D eigenvalue weighted by Crippen LogP contribution is 2.14. The zero-order chi connectivity index (χ0) is 10.8. The lowest BCUT2D eigenvalue weighted by atomic mass is 9.91. The smallest absolute Gasteiger partial charge is 0.0273 e. The number of nitrogens with zero attached hydrogens (tertiary/aromatic N) is 1. The summed E-state index contributed by atoms with van der Waals surface area (Å²) in [4.78, 5) is 4.15. The highest BCUT2D eigenvalue weighted by Gasteiger charge is 2.13. The number of rotatable bonds is 8. The molecule has 0 saturated heterocycles. The van der Waals surface area contributed by atoms with Gasteiger partial charge in [-0.2, -0.15) is 0 Å². The van der Waals surface area contributed by atoms with Crippen LogP contribution < -0.4 is 5.32 Å². The lowest BCUT2D eigenvalue weighted by Crippen LogP contribution is -2.28. The number of aliphatic imine (C=N–C) groups is 1. The van der Waals surface area contributed by atoms with Crippen LogP contribution in [0.5, 0.6) is 0 Å². The first-order valence-electron chi connectivity index (χ1n) is 5.89. The van der Waals surface area contributed by atoms with E-state index in [1.54, 1.807) is 0 Å². The van der Waals surface area contributed by atoms with Gasteiger partial charge in [0, 0.05) is 25.7 Å². The van der Waals surface area contributed by atoms with Crippen LogP contribution in [-0.2, 0) is 0 Å². The lowest BCUT2D eigenvalue weighted by Gasteiger charge is -2.20. The van der Waals surface area contributed by atoms with Crippen LogP contribution in [-0.4, -0.2) is 26.4 Å². The van der Waals surface area contributed by atoms with Gasteiger partial charge < -0.3 is 10.3 Å². The van der Waals surface area contributed by atoms with Crippen molar-refractivity contribution in [2.75, 3.05) is 20.1 Å². The molecule has 0 unspecified atom stereocenters. The molecule has 0 aromatic rings. The van der Waals surface area contributed by atoms with Gasteiger partial charge in [0.25, 0.3) is 0 Å². The molecule has 0 saturated carbocycles. The first-order chi connectivity index (χ1) is 6.76. The topological polar surface area (TPSA) is 24.4 Å². The summed E-state index contributed by atoms with van der Waals surface area (Å²) in [6.45, 7) is 8.96. The van der Waals surface area contributed by atoms with E-state index in [1.807, 2.05) is 7.05 Å². The number of nitrogens with one attached hydrogen (secondary N) is 1. The minimum Gasteiger partial charge on any atom is -0.316 e. The molecule has 0 radical (unpaired) electrons. The summed E-state index contributed by atoms with van der Waals surface area (Å²) in [5.41, 5.74) is 0. The van der Waals surface area contributed by atoms with Crippen molar-refractivity contribution in [1.29, 1.82) is 0 Å². The Hall–Kier alpha value is -0.370. The third kappa shape index (κ3) is 6.14. The van der Waals surface area contributed by atoms with E-state index in [-0.39, 0.29) is 0 Å². The summed E-state index contributed by atoms with van der Waals surface area (Å²) in [5, 5.41) is 3.47. The van der Waals surface area contributed by atoms with Gasteiger partial charge in [-0.1, -0.05) is 33.6 Å². The van der Waals surface area contributed by atoms with E-state index in [1.165, 1.54) is 19.3 Å². The molecule has 0 aromatic heterocycles. The van der Waals surface area contributed by atoms with Crippen LogP contribution in [0.1, 0.15) is 40.0 Å². The second kappa shape index (κ2) is 9.20. The molecule has 84 valence electrons. The standard InChI is InChI=1S/C12H26N2/c1-5-7-11(3)12(9-13-4)10-14-8-6-2/h9,11-12,14H,5-8,10H2,1-4H3/t11-,12+/m1/s1. The fraction of sp³-hybridized carbons (Fsp3) is 0.917. The number of hydrogen-bond donors (Lipinski definition) is 1. The Morgan fingerprint density at radius 1 is 1.29 bits per heavy atom. The van der Waals surface area contributed by atoms with Gasteiger partial charge in [0.15, 0.2) is 0 Å². The minimum absolute atomic E-state index is 0.603. The van der Waals surface area contributed by atoms with Crippen LogP contribution in [0.4, 0.5) is 0 Å². The van der Waals surface area contributed by atoms with Crippen molar-refractivity contribution >= 4 is 6.21 Å². The zero-order valence-corrected chi connectivity index (χ0v) is 10.2. The molecular formula is C12H26N2. The molecule has 0 rings (SSSR count). The van der Waals surface area contributed by atoms with Crippen LogP contribution in [0.3, 0.4) is 0 Å². The van der Waals surface area contributed by atoms with Gasteiger partial charge in [0.1, 0.15) is 0 Å². The zero-order valence-electron chi connectivity index (χ0n) is 10.2.